The van der Waals surface area contributed by atoms with Crippen molar-refractivity contribution in [1.82, 2.24) is 10.2 Å². The Bertz CT molecular complexity index is 1670. The number of ether oxygens (including phenoxy) is 1. The first-order valence-corrected chi connectivity index (χ1v) is 15.5. The van der Waals surface area contributed by atoms with Crippen LogP contribution in [0, 0.1) is 11.3 Å². The summed E-state index contributed by atoms with van der Waals surface area (Å²) in [5.74, 6) is 0.108. The van der Waals surface area contributed by atoms with Gasteiger partial charge in [-0.2, -0.15) is 0 Å². The zero-order chi connectivity index (χ0) is 28.9. The second-order valence-corrected chi connectivity index (χ2v) is 12.7. The van der Waals surface area contributed by atoms with Gasteiger partial charge in [0, 0.05) is 46.4 Å². The number of methoxy groups -OCH3 is 1. The predicted molar refractivity (Wildman–Crippen MR) is 166 cm³/mol. The number of nitrogens with zero attached hydrogens (tertiary/aromatic N) is 1. The molecule has 1 saturated carbocycles. The Kier molecular flexibility index (Phi) is 6.63. The van der Waals surface area contributed by atoms with Crippen molar-refractivity contribution in [2.75, 3.05) is 20.2 Å². The summed E-state index contributed by atoms with van der Waals surface area (Å²) in [6.07, 6.45) is 1.87. The van der Waals surface area contributed by atoms with Crippen LogP contribution >= 0.6 is 11.3 Å². The van der Waals surface area contributed by atoms with Gasteiger partial charge in [-0.1, -0.05) is 85.4 Å². The van der Waals surface area contributed by atoms with Gasteiger partial charge >= 0.3 is 0 Å². The summed E-state index contributed by atoms with van der Waals surface area (Å²) in [5, 5.41) is 5.63. The summed E-state index contributed by atoms with van der Waals surface area (Å²) in [4.78, 5) is 32.2. The lowest BCUT2D eigenvalue weighted by molar-refractivity contribution is -0.156. The lowest BCUT2D eigenvalue weighted by atomic mass is 9.42. The zero-order valence-electron chi connectivity index (χ0n) is 23.7. The zero-order valence-corrected chi connectivity index (χ0v) is 24.5. The van der Waals surface area contributed by atoms with Gasteiger partial charge in [-0.15, -0.1) is 11.3 Å². The highest BCUT2D eigenvalue weighted by Crippen LogP contribution is 2.68. The number of hydrogen-bond donors (Lipinski definition) is 1. The Morgan fingerprint density at radius 3 is 2.55 bits per heavy atom. The number of para-hydroxylation sites is 1. The van der Waals surface area contributed by atoms with E-state index in [9.17, 15) is 4.79 Å². The van der Waals surface area contributed by atoms with Crippen LogP contribution in [0.15, 0.2) is 103 Å². The van der Waals surface area contributed by atoms with Gasteiger partial charge in [-0.3, -0.25) is 14.5 Å². The number of carbonyl (C=O) groups excluding carboxylic acids is 2. The van der Waals surface area contributed by atoms with Crippen molar-refractivity contribution in [3.8, 4) is 5.75 Å². The Balaban J connectivity index is 1.38. The van der Waals surface area contributed by atoms with Crippen molar-refractivity contribution in [3.63, 3.8) is 0 Å². The van der Waals surface area contributed by atoms with E-state index in [1.54, 1.807) is 18.4 Å². The molecule has 1 saturated heterocycles. The molecular weight excluding hydrogens is 540 g/mol. The standard InChI is InChI=1S/C36H34N2O3S/c1-24(27-14-7-9-17-31(27)41-2)33(39)38(22-26-13-10-20-42-26)34(40)36-23-37-21-32(36)35(25-11-4-3-5-12-25)19-18-30(36)28-15-6-8-16-29(28)35/h3-17,20,30,32,37H,1,18-19,21-23H2,2H3/t30-,32+,35-,36+/m1/s1. The number of imide groups is 1. The maximum Gasteiger partial charge on any atom is 0.260 e. The first-order chi connectivity index (χ1) is 20.5. The third-order valence-corrected chi connectivity index (χ3v) is 10.9. The summed E-state index contributed by atoms with van der Waals surface area (Å²) in [7, 11) is 1.58. The van der Waals surface area contributed by atoms with Gasteiger partial charge in [-0.05, 0) is 47.0 Å². The quantitative estimate of drug-likeness (QED) is 0.259. The summed E-state index contributed by atoms with van der Waals surface area (Å²) in [6.45, 7) is 5.68. The van der Waals surface area contributed by atoms with Gasteiger partial charge in [0.05, 0.1) is 19.1 Å². The van der Waals surface area contributed by atoms with E-state index in [0.29, 0.717) is 17.9 Å². The van der Waals surface area contributed by atoms with Crippen LogP contribution in [0.5, 0.6) is 5.75 Å². The van der Waals surface area contributed by atoms with Crippen LogP contribution in [-0.2, 0) is 21.5 Å². The second kappa shape index (κ2) is 10.4. The number of amides is 2. The Hall–Kier alpha value is -4.00. The average molecular weight is 575 g/mol. The lowest BCUT2D eigenvalue weighted by Crippen LogP contribution is -2.63. The molecule has 8 rings (SSSR count). The summed E-state index contributed by atoms with van der Waals surface area (Å²) in [5.41, 5.74) is 3.60. The molecule has 3 aliphatic carbocycles. The molecule has 1 aliphatic heterocycles. The number of rotatable bonds is 7. The number of nitrogens with one attached hydrogen (secondary N) is 1. The highest BCUT2D eigenvalue weighted by molar-refractivity contribution is 7.09. The number of hydrogen-bond acceptors (Lipinski definition) is 5. The first kappa shape index (κ1) is 26.9. The highest BCUT2D eigenvalue weighted by atomic mass is 32.1. The first-order valence-electron chi connectivity index (χ1n) is 14.6. The number of carbonyl (C=O) groups is 2. The molecule has 2 amide bonds. The molecule has 2 heterocycles. The van der Waals surface area contributed by atoms with Crippen molar-refractivity contribution >= 4 is 28.7 Å². The Morgan fingerprint density at radius 2 is 1.76 bits per heavy atom. The molecule has 2 bridgehead atoms. The van der Waals surface area contributed by atoms with Gasteiger partial charge in [0.1, 0.15) is 5.75 Å². The van der Waals surface area contributed by atoms with Crippen LogP contribution in [0.3, 0.4) is 0 Å². The third-order valence-electron chi connectivity index (χ3n) is 10.0. The van der Waals surface area contributed by atoms with Crippen LogP contribution in [0.4, 0.5) is 0 Å². The van der Waals surface area contributed by atoms with Crippen molar-refractivity contribution in [2.45, 2.75) is 30.7 Å². The third kappa shape index (κ3) is 3.78. The maximum absolute atomic E-state index is 15.3. The van der Waals surface area contributed by atoms with E-state index < -0.39 is 5.41 Å². The molecule has 1 N–H and O–H groups in total. The van der Waals surface area contributed by atoms with Gasteiger partial charge in [0.15, 0.2) is 0 Å². The van der Waals surface area contributed by atoms with Crippen LogP contribution in [-0.4, -0.2) is 36.9 Å². The Labute approximate surface area is 250 Å². The number of fused-ring (bicyclic) bond motifs is 1. The molecule has 4 atom stereocenters. The van der Waals surface area contributed by atoms with E-state index in [1.165, 1.54) is 21.6 Å². The second-order valence-electron chi connectivity index (χ2n) is 11.7. The minimum Gasteiger partial charge on any atom is -0.496 e. The molecule has 0 unspecified atom stereocenters. The van der Waals surface area contributed by atoms with Crippen LogP contribution in [0.2, 0.25) is 0 Å². The highest BCUT2D eigenvalue weighted by Gasteiger charge is 2.69. The maximum atomic E-state index is 15.3. The number of thiophene rings is 1. The minimum absolute atomic E-state index is 0.00622. The van der Waals surface area contributed by atoms with Crippen LogP contribution in [0.25, 0.3) is 5.57 Å². The Morgan fingerprint density at radius 1 is 1.00 bits per heavy atom. The van der Waals surface area contributed by atoms with Gasteiger partial charge in [-0.25, -0.2) is 0 Å². The van der Waals surface area contributed by atoms with E-state index in [0.717, 1.165) is 24.3 Å². The largest absolute Gasteiger partial charge is 0.496 e. The van der Waals surface area contributed by atoms with Crippen molar-refractivity contribution in [3.05, 3.63) is 130 Å². The molecule has 6 heteroatoms. The fraction of sp³-hybridized carbons (Fsp3) is 0.278. The fourth-order valence-corrected chi connectivity index (χ4v) is 9.00. The molecule has 3 aromatic carbocycles. The molecule has 212 valence electrons. The van der Waals surface area contributed by atoms with Crippen LogP contribution in [0.1, 0.15) is 45.9 Å². The molecule has 2 fully saturated rings. The molecule has 0 radical (unpaired) electrons. The predicted octanol–water partition coefficient (Wildman–Crippen LogP) is 6.41. The monoisotopic (exact) mass is 574 g/mol. The van der Waals surface area contributed by atoms with Gasteiger partial charge < -0.3 is 10.1 Å². The summed E-state index contributed by atoms with van der Waals surface area (Å²) < 4.78 is 5.56. The molecule has 0 spiro atoms. The van der Waals surface area contributed by atoms with E-state index in [-0.39, 0.29) is 41.2 Å². The topological polar surface area (TPSA) is 58.6 Å². The summed E-state index contributed by atoms with van der Waals surface area (Å²) >= 11 is 1.55. The molecule has 42 heavy (non-hydrogen) atoms. The SMILES string of the molecule is C=C(C(=O)N(Cc1cccs1)C(=O)[C@]12CNC[C@H]1[C@@]1(c3ccccc3)CC[C@@H]2c2ccccc21)c1ccccc1OC. The summed E-state index contributed by atoms with van der Waals surface area (Å²) in [6, 6.07) is 30.7. The smallest absolute Gasteiger partial charge is 0.260 e. The molecule has 4 aliphatic rings. The molecule has 5 nitrogen and oxygen atoms in total. The normalized spacial score (nSPS) is 25.4. The van der Waals surface area contributed by atoms with Crippen molar-refractivity contribution in [2.24, 2.45) is 11.3 Å². The fourth-order valence-electron chi connectivity index (χ4n) is 8.30. The molecular formula is C36H34N2O3S. The lowest BCUT2D eigenvalue weighted by Gasteiger charge is -2.60. The molecule has 4 aromatic rings. The van der Waals surface area contributed by atoms with Gasteiger partial charge in [0.2, 0.25) is 5.91 Å². The van der Waals surface area contributed by atoms with Gasteiger partial charge in [0.25, 0.3) is 5.91 Å². The van der Waals surface area contributed by atoms with Crippen molar-refractivity contribution < 1.29 is 14.3 Å². The van der Waals surface area contributed by atoms with Crippen molar-refractivity contribution in [1.29, 1.82) is 0 Å². The van der Waals surface area contributed by atoms with E-state index in [4.69, 9.17) is 4.74 Å². The van der Waals surface area contributed by atoms with E-state index in [1.807, 2.05) is 41.8 Å². The minimum atomic E-state index is -0.767. The number of benzene rings is 3. The van der Waals surface area contributed by atoms with E-state index in [2.05, 4.69) is 66.5 Å². The van der Waals surface area contributed by atoms with Crippen LogP contribution < -0.4 is 10.1 Å². The van der Waals surface area contributed by atoms with E-state index >= 15 is 4.79 Å². The average Bonchev–Trinajstić information content (AvgIpc) is 3.75. The molecule has 1 aromatic heterocycles.